The van der Waals surface area contributed by atoms with Crippen molar-refractivity contribution >= 4 is 23.3 Å². The molecule has 26 heavy (non-hydrogen) atoms. The predicted molar refractivity (Wildman–Crippen MR) is 97.2 cm³/mol. The second-order valence-corrected chi connectivity index (χ2v) is 5.77. The Hall–Kier alpha value is -2.35. The van der Waals surface area contributed by atoms with Crippen LogP contribution in [0.1, 0.15) is 11.7 Å². The lowest BCUT2D eigenvalue weighted by atomic mass is 10.1. The number of ether oxygens (including phenoxy) is 2. The summed E-state index contributed by atoms with van der Waals surface area (Å²) in [4.78, 5) is 11.9. The fourth-order valence-electron chi connectivity index (χ4n) is 2.15. The van der Waals surface area contributed by atoms with Crippen LogP contribution in [-0.4, -0.2) is 38.0 Å². The Kier molecular flexibility index (Phi) is 7.65. The largest absolute Gasteiger partial charge is 0.490 e. The zero-order chi connectivity index (χ0) is 18.9. The summed E-state index contributed by atoms with van der Waals surface area (Å²) in [5.41, 5.74) is 0.570. The van der Waals surface area contributed by atoms with Gasteiger partial charge in [0.2, 0.25) is 0 Å². The van der Waals surface area contributed by atoms with E-state index in [1.165, 1.54) is 24.3 Å². The van der Waals surface area contributed by atoms with E-state index < -0.39 is 18.0 Å². The molecule has 2 rings (SSSR count). The third-order valence-electron chi connectivity index (χ3n) is 3.45. The Labute approximate surface area is 155 Å². The topological polar surface area (TPSA) is 79.8 Å². The number of aliphatic hydroxyl groups excluding tert-OH is 1. The number of methoxy groups -OCH3 is 1. The van der Waals surface area contributed by atoms with Crippen molar-refractivity contribution in [2.45, 2.75) is 6.10 Å². The van der Waals surface area contributed by atoms with Gasteiger partial charge in [0.15, 0.2) is 0 Å². The van der Waals surface area contributed by atoms with Crippen LogP contribution < -0.4 is 15.4 Å². The molecule has 0 aliphatic rings. The fraction of sp³-hybridized carbons (Fsp3) is 0.278. The molecule has 0 saturated carbocycles. The molecule has 0 saturated heterocycles. The highest BCUT2D eigenvalue weighted by Gasteiger charge is 2.13. The standard InChI is InChI=1S/C18H20ClFN2O4/c1-25-8-9-26-17-7-6-12(10-14(17)19)22-18(24)21-11-16(23)13-4-2-3-5-15(13)20/h2-7,10,16,23H,8-9,11H2,1H3,(H2,21,22,24). The predicted octanol–water partition coefficient (Wildman–Crippen LogP) is 3.36. The molecule has 2 amide bonds. The molecule has 0 fully saturated rings. The highest BCUT2D eigenvalue weighted by atomic mass is 35.5. The van der Waals surface area contributed by atoms with Crippen LogP contribution in [0.2, 0.25) is 5.02 Å². The zero-order valence-electron chi connectivity index (χ0n) is 14.2. The molecule has 0 spiro atoms. The monoisotopic (exact) mass is 382 g/mol. The fourth-order valence-corrected chi connectivity index (χ4v) is 2.39. The first-order valence-electron chi connectivity index (χ1n) is 7.90. The third kappa shape index (κ3) is 5.87. The minimum atomic E-state index is -1.15. The zero-order valence-corrected chi connectivity index (χ0v) is 14.9. The third-order valence-corrected chi connectivity index (χ3v) is 3.75. The molecule has 0 aliphatic carbocycles. The maximum Gasteiger partial charge on any atom is 0.319 e. The van der Waals surface area contributed by atoms with Gasteiger partial charge in [-0.25, -0.2) is 9.18 Å². The van der Waals surface area contributed by atoms with Crippen molar-refractivity contribution in [3.8, 4) is 5.75 Å². The van der Waals surface area contributed by atoms with E-state index in [2.05, 4.69) is 10.6 Å². The number of hydrogen-bond donors (Lipinski definition) is 3. The van der Waals surface area contributed by atoms with Gasteiger partial charge in [0, 0.05) is 24.9 Å². The van der Waals surface area contributed by atoms with Crippen molar-refractivity contribution in [2.24, 2.45) is 0 Å². The van der Waals surface area contributed by atoms with Crippen LogP contribution in [0.15, 0.2) is 42.5 Å². The molecule has 1 unspecified atom stereocenters. The van der Waals surface area contributed by atoms with Crippen molar-refractivity contribution in [1.82, 2.24) is 5.32 Å². The second-order valence-electron chi connectivity index (χ2n) is 5.36. The molecule has 0 aliphatic heterocycles. The number of rotatable bonds is 8. The Balaban J connectivity index is 1.85. The van der Waals surface area contributed by atoms with Gasteiger partial charge >= 0.3 is 6.03 Å². The van der Waals surface area contributed by atoms with Crippen LogP contribution in [0.3, 0.4) is 0 Å². The number of urea groups is 1. The van der Waals surface area contributed by atoms with Crippen LogP contribution >= 0.6 is 11.6 Å². The van der Waals surface area contributed by atoms with Crippen LogP contribution in [0.25, 0.3) is 0 Å². The van der Waals surface area contributed by atoms with Crippen molar-refractivity contribution < 1.29 is 23.8 Å². The normalized spacial score (nSPS) is 11.7. The summed E-state index contributed by atoms with van der Waals surface area (Å²) in [7, 11) is 1.57. The molecule has 0 bridgehead atoms. The molecular weight excluding hydrogens is 363 g/mol. The van der Waals surface area contributed by atoms with Crippen molar-refractivity contribution in [1.29, 1.82) is 0 Å². The van der Waals surface area contributed by atoms with E-state index in [0.717, 1.165) is 0 Å². The van der Waals surface area contributed by atoms with Gasteiger partial charge in [0.05, 0.1) is 17.7 Å². The van der Waals surface area contributed by atoms with Gasteiger partial charge in [-0.2, -0.15) is 0 Å². The lowest BCUT2D eigenvalue weighted by molar-refractivity contribution is 0.146. The van der Waals surface area contributed by atoms with E-state index in [9.17, 15) is 14.3 Å². The molecule has 3 N–H and O–H groups in total. The maximum absolute atomic E-state index is 13.6. The number of benzene rings is 2. The average molecular weight is 383 g/mol. The number of carbonyl (C=O) groups is 1. The lowest BCUT2D eigenvalue weighted by Crippen LogP contribution is -2.32. The van der Waals surface area contributed by atoms with Gasteiger partial charge in [0.1, 0.15) is 18.2 Å². The Morgan fingerprint density at radius 3 is 2.73 bits per heavy atom. The summed E-state index contributed by atoms with van der Waals surface area (Å²) in [5, 5.41) is 15.4. The second kappa shape index (κ2) is 9.96. The van der Waals surface area contributed by atoms with E-state index in [4.69, 9.17) is 21.1 Å². The quantitative estimate of drug-likeness (QED) is 0.612. The first kappa shape index (κ1) is 20.0. The molecular formula is C18H20ClFN2O4. The van der Waals surface area contributed by atoms with E-state index in [1.807, 2.05) is 0 Å². The number of anilines is 1. The van der Waals surface area contributed by atoms with Crippen molar-refractivity contribution in [2.75, 3.05) is 32.2 Å². The molecule has 140 valence electrons. The number of amides is 2. The van der Waals surface area contributed by atoms with Crippen LogP contribution in [0.5, 0.6) is 5.75 Å². The average Bonchev–Trinajstić information content (AvgIpc) is 2.62. The first-order chi connectivity index (χ1) is 12.5. The van der Waals surface area contributed by atoms with E-state index in [1.54, 1.807) is 25.3 Å². The van der Waals surface area contributed by atoms with E-state index in [-0.39, 0.29) is 12.1 Å². The molecule has 6 nitrogen and oxygen atoms in total. The number of aliphatic hydroxyl groups is 1. The number of hydrogen-bond acceptors (Lipinski definition) is 4. The van der Waals surface area contributed by atoms with Crippen LogP contribution in [-0.2, 0) is 4.74 Å². The Bertz CT molecular complexity index is 745. The molecule has 0 aromatic heterocycles. The minimum Gasteiger partial charge on any atom is -0.490 e. The van der Waals surface area contributed by atoms with Crippen LogP contribution in [0.4, 0.5) is 14.9 Å². The molecule has 2 aromatic rings. The van der Waals surface area contributed by atoms with E-state index in [0.29, 0.717) is 29.7 Å². The van der Waals surface area contributed by atoms with Gasteiger partial charge in [-0.15, -0.1) is 0 Å². The summed E-state index contributed by atoms with van der Waals surface area (Å²) >= 11 is 6.10. The lowest BCUT2D eigenvalue weighted by Gasteiger charge is -2.14. The summed E-state index contributed by atoms with van der Waals surface area (Å²) in [6, 6.07) is 10.1. The molecule has 2 aromatic carbocycles. The maximum atomic E-state index is 13.6. The Morgan fingerprint density at radius 2 is 2.04 bits per heavy atom. The van der Waals surface area contributed by atoms with Gasteiger partial charge in [-0.05, 0) is 24.3 Å². The van der Waals surface area contributed by atoms with Gasteiger partial charge in [-0.1, -0.05) is 29.8 Å². The van der Waals surface area contributed by atoms with Gasteiger partial charge < -0.3 is 25.2 Å². The summed E-state index contributed by atoms with van der Waals surface area (Å²) in [6.07, 6.45) is -1.15. The number of halogens is 2. The summed E-state index contributed by atoms with van der Waals surface area (Å²) in [5.74, 6) is -0.0531. The number of nitrogens with one attached hydrogen (secondary N) is 2. The van der Waals surface area contributed by atoms with Crippen molar-refractivity contribution in [3.63, 3.8) is 0 Å². The SMILES string of the molecule is COCCOc1ccc(NC(=O)NCC(O)c2ccccc2F)cc1Cl. The van der Waals surface area contributed by atoms with Crippen molar-refractivity contribution in [3.05, 3.63) is 58.9 Å². The molecule has 0 radical (unpaired) electrons. The van der Waals surface area contributed by atoms with Gasteiger partial charge in [-0.3, -0.25) is 0 Å². The first-order valence-corrected chi connectivity index (χ1v) is 8.27. The minimum absolute atomic E-state index is 0.119. The highest BCUT2D eigenvalue weighted by molar-refractivity contribution is 6.32. The van der Waals surface area contributed by atoms with Crippen LogP contribution in [0, 0.1) is 5.82 Å². The Morgan fingerprint density at radius 1 is 1.27 bits per heavy atom. The summed E-state index contributed by atoms with van der Waals surface area (Å²) in [6.45, 7) is 0.652. The van der Waals surface area contributed by atoms with Gasteiger partial charge in [0.25, 0.3) is 0 Å². The number of carbonyl (C=O) groups excluding carboxylic acids is 1. The molecule has 8 heteroatoms. The molecule has 0 heterocycles. The van der Waals surface area contributed by atoms with E-state index >= 15 is 0 Å². The smallest absolute Gasteiger partial charge is 0.319 e. The molecule has 1 atom stereocenters. The highest BCUT2D eigenvalue weighted by Crippen LogP contribution is 2.27. The summed E-state index contributed by atoms with van der Waals surface area (Å²) < 4.78 is 23.9.